The van der Waals surface area contributed by atoms with Gasteiger partial charge in [-0.05, 0) is 43.7 Å². The molecule has 1 aromatic carbocycles. The van der Waals surface area contributed by atoms with Gasteiger partial charge in [0.2, 0.25) is 0 Å². The van der Waals surface area contributed by atoms with Crippen LogP contribution in [0.1, 0.15) is 56.1 Å². The van der Waals surface area contributed by atoms with Crippen molar-refractivity contribution in [1.82, 2.24) is 4.90 Å². The van der Waals surface area contributed by atoms with E-state index in [1.807, 2.05) is 0 Å². The van der Waals surface area contributed by atoms with E-state index in [1.165, 1.54) is 56.1 Å². The van der Waals surface area contributed by atoms with Gasteiger partial charge < -0.3 is 10.6 Å². The van der Waals surface area contributed by atoms with E-state index in [9.17, 15) is 0 Å². The second kappa shape index (κ2) is 6.31. The molecule has 0 saturated heterocycles. The summed E-state index contributed by atoms with van der Waals surface area (Å²) in [5.41, 5.74) is 9.30. The molecule has 0 radical (unpaired) electrons. The van der Waals surface area contributed by atoms with Crippen LogP contribution in [0.2, 0.25) is 0 Å². The first-order valence-corrected chi connectivity index (χ1v) is 8.71. The zero-order valence-corrected chi connectivity index (χ0v) is 14.0. The number of aryl methyl sites for hydroxylation is 1. The van der Waals surface area contributed by atoms with Crippen molar-refractivity contribution in [2.75, 3.05) is 13.6 Å². The van der Waals surface area contributed by atoms with Gasteiger partial charge in [-0.2, -0.15) is 0 Å². The highest BCUT2D eigenvalue weighted by molar-refractivity contribution is 5.78. The molecular formula is C19H29N3. The maximum absolute atomic E-state index is 6.23. The Kier molecular flexibility index (Phi) is 4.42. The molecule has 0 aromatic heterocycles. The maximum Gasteiger partial charge on any atom is 0.191 e. The van der Waals surface area contributed by atoms with Gasteiger partial charge in [-0.25, -0.2) is 0 Å². The van der Waals surface area contributed by atoms with Crippen molar-refractivity contribution in [1.29, 1.82) is 0 Å². The summed E-state index contributed by atoms with van der Waals surface area (Å²) in [7, 11) is 2.08. The molecule has 0 spiro atoms. The van der Waals surface area contributed by atoms with E-state index in [0.29, 0.717) is 6.04 Å². The number of hydrogen-bond acceptors (Lipinski definition) is 1. The van der Waals surface area contributed by atoms with Crippen molar-refractivity contribution in [3.05, 3.63) is 35.4 Å². The minimum absolute atomic E-state index is 0.193. The van der Waals surface area contributed by atoms with Crippen LogP contribution in [0.25, 0.3) is 0 Å². The number of hydrogen-bond donors (Lipinski definition) is 1. The molecule has 2 fully saturated rings. The van der Waals surface area contributed by atoms with E-state index in [4.69, 9.17) is 10.7 Å². The van der Waals surface area contributed by atoms with Gasteiger partial charge in [-0.3, -0.25) is 4.99 Å². The minimum atomic E-state index is 0.193. The van der Waals surface area contributed by atoms with Gasteiger partial charge in [0.15, 0.2) is 5.96 Å². The number of rotatable bonds is 4. The molecular weight excluding hydrogens is 270 g/mol. The van der Waals surface area contributed by atoms with E-state index >= 15 is 0 Å². The van der Waals surface area contributed by atoms with Gasteiger partial charge >= 0.3 is 0 Å². The fourth-order valence-corrected chi connectivity index (χ4v) is 3.90. The van der Waals surface area contributed by atoms with E-state index in [-0.39, 0.29) is 5.41 Å². The van der Waals surface area contributed by atoms with E-state index in [0.717, 1.165) is 12.5 Å². The van der Waals surface area contributed by atoms with Crippen LogP contribution in [0.4, 0.5) is 0 Å². The Bertz CT molecular complexity index is 539. The Balaban J connectivity index is 1.83. The Labute approximate surface area is 134 Å². The van der Waals surface area contributed by atoms with E-state index in [1.54, 1.807) is 0 Å². The maximum atomic E-state index is 6.23. The molecule has 0 bridgehead atoms. The third kappa shape index (κ3) is 3.13. The summed E-state index contributed by atoms with van der Waals surface area (Å²) in [4.78, 5) is 6.98. The van der Waals surface area contributed by atoms with Gasteiger partial charge in [0.05, 0.1) is 6.54 Å². The number of aliphatic imine (C=N–C) groups is 1. The Morgan fingerprint density at radius 1 is 1.23 bits per heavy atom. The summed E-state index contributed by atoms with van der Waals surface area (Å²) >= 11 is 0. The van der Waals surface area contributed by atoms with Crippen LogP contribution in [-0.4, -0.2) is 30.5 Å². The molecule has 2 aliphatic carbocycles. The standard InChI is InChI=1S/C19H29N3/c1-15-8-4-5-9-17(15)19(12-6-3-7-13-19)14-21-18(20)22(2)16-10-11-16/h4-5,8-9,16H,3,6-7,10-14H2,1-2H3,(H2,20,21). The smallest absolute Gasteiger partial charge is 0.191 e. The summed E-state index contributed by atoms with van der Waals surface area (Å²) in [6, 6.07) is 9.46. The number of benzene rings is 1. The summed E-state index contributed by atoms with van der Waals surface area (Å²) in [6.45, 7) is 3.07. The zero-order valence-electron chi connectivity index (χ0n) is 14.0. The first-order chi connectivity index (χ1) is 10.6. The third-order valence-corrected chi connectivity index (χ3v) is 5.53. The summed E-state index contributed by atoms with van der Waals surface area (Å²) in [5.74, 6) is 0.723. The van der Waals surface area contributed by atoms with Crippen molar-refractivity contribution >= 4 is 5.96 Å². The van der Waals surface area contributed by atoms with Crippen molar-refractivity contribution < 1.29 is 0 Å². The van der Waals surface area contributed by atoms with Gasteiger partial charge in [-0.15, -0.1) is 0 Å². The van der Waals surface area contributed by atoms with Gasteiger partial charge in [0, 0.05) is 18.5 Å². The highest BCUT2D eigenvalue weighted by Gasteiger charge is 2.35. The second-order valence-electron chi connectivity index (χ2n) is 7.17. The molecule has 1 aromatic rings. The molecule has 22 heavy (non-hydrogen) atoms. The van der Waals surface area contributed by atoms with E-state index in [2.05, 4.69) is 43.1 Å². The Morgan fingerprint density at radius 3 is 2.55 bits per heavy atom. The minimum Gasteiger partial charge on any atom is -0.370 e. The van der Waals surface area contributed by atoms with Crippen LogP contribution in [-0.2, 0) is 5.41 Å². The van der Waals surface area contributed by atoms with Crippen molar-refractivity contribution in [2.24, 2.45) is 10.7 Å². The molecule has 3 rings (SSSR count). The average molecular weight is 299 g/mol. The number of guanidine groups is 1. The van der Waals surface area contributed by atoms with E-state index < -0.39 is 0 Å². The van der Waals surface area contributed by atoms with Crippen LogP contribution in [0.3, 0.4) is 0 Å². The van der Waals surface area contributed by atoms with Crippen molar-refractivity contribution in [3.8, 4) is 0 Å². The lowest BCUT2D eigenvalue weighted by Gasteiger charge is -2.38. The lowest BCUT2D eigenvalue weighted by Crippen LogP contribution is -2.39. The SMILES string of the molecule is Cc1ccccc1C1(CN=C(N)N(C)C2CC2)CCCCC1. The molecule has 3 nitrogen and oxygen atoms in total. The van der Waals surface area contributed by atoms with Crippen molar-refractivity contribution in [3.63, 3.8) is 0 Å². The van der Waals surface area contributed by atoms with Crippen LogP contribution in [0, 0.1) is 6.92 Å². The second-order valence-corrected chi connectivity index (χ2v) is 7.17. The average Bonchev–Trinajstić information content (AvgIpc) is 3.38. The fraction of sp³-hybridized carbons (Fsp3) is 0.632. The molecule has 0 atom stereocenters. The molecule has 0 unspecified atom stereocenters. The fourth-order valence-electron chi connectivity index (χ4n) is 3.90. The summed E-state index contributed by atoms with van der Waals surface area (Å²) in [6.07, 6.45) is 8.97. The third-order valence-electron chi connectivity index (χ3n) is 5.53. The predicted molar refractivity (Wildman–Crippen MR) is 93.2 cm³/mol. The molecule has 0 aliphatic heterocycles. The largest absolute Gasteiger partial charge is 0.370 e. The molecule has 2 N–H and O–H groups in total. The normalized spacial score (nSPS) is 21.6. The lowest BCUT2D eigenvalue weighted by atomic mass is 9.68. The molecule has 120 valence electrons. The highest BCUT2D eigenvalue weighted by Crippen LogP contribution is 2.41. The molecule has 3 heteroatoms. The summed E-state index contributed by atoms with van der Waals surface area (Å²) in [5, 5.41) is 0. The predicted octanol–water partition coefficient (Wildman–Crippen LogP) is 3.61. The highest BCUT2D eigenvalue weighted by atomic mass is 15.3. The molecule has 0 amide bonds. The topological polar surface area (TPSA) is 41.6 Å². The number of nitrogens with zero attached hydrogens (tertiary/aromatic N) is 2. The molecule has 0 heterocycles. The van der Waals surface area contributed by atoms with Crippen LogP contribution < -0.4 is 5.73 Å². The van der Waals surface area contributed by atoms with Gasteiger partial charge in [0.25, 0.3) is 0 Å². The van der Waals surface area contributed by atoms with Crippen LogP contribution in [0.15, 0.2) is 29.3 Å². The molecule has 2 aliphatic rings. The molecule has 2 saturated carbocycles. The lowest BCUT2D eigenvalue weighted by molar-refractivity contribution is 0.299. The van der Waals surface area contributed by atoms with Gasteiger partial charge in [0.1, 0.15) is 0 Å². The Morgan fingerprint density at radius 2 is 1.91 bits per heavy atom. The Hall–Kier alpha value is -1.51. The van der Waals surface area contributed by atoms with Gasteiger partial charge in [-0.1, -0.05) is 43.5 Å². The zero-order chi connectivity index (χ0) is 15.6. The number of nitrogens with two attached hydrogens (primary N) is 1. The van der Waals surface area contributed by atoms with Crippen molar-refractivity contribution in [2.45, 2.75) is 63.3 Å². The quantitative estimate of drug-likeness (QED) is 0.681. The van der Waals surface area contributed by atoms with Crippen LogP contribution in [0.5, 0.6) is 0 Å². The summed E-state index contributed by atoms with van der Waals surface area (Å²) < 4.78 is 0. The van der Waals surface area contributed by atoms with Crippen LogP contribution >= 0.6 is 0 Å². The monoisotopic (exact) mass is 299 g/mol. The first-order valence-electron chi connectivity index (χ1n) is 8.71. The first kappa shape index (κ1) is 15.4.